The highest BCUT2D eigenvalue weighted by atomic mass is 16.6. The summed E-state index contributed by atoms with van der Waals surface area (Å²) in [5, 5.41) is 12.4. The SMILES string of the molecule is COc1ccc(-c2cn(C(=O)C(C)(C)C)c3ccccc23)c([N+](=O)[O-])c1. The predicted molar refractivity (Wildman–Crippen MR) is 101 cm³/mol. The number of nitro groups is 1. The van der Waals surface area contributed by atoms with E-state index in [1.807, 2.05) is 45.0 Å². The highest BCUT2D eigenvalue weighted by molar-refractivity contribution is 6.04. The summed E-state index contributed by atoms with van der Waals surface area (Å²) in [6.07, 6.45) is 1.69. The molecule has 0 N–H and O–H groups in total. The van der Waals surface area contributed by atoms with E-state index < -0.39 is 10.3 Å². The topological polar surface area (TPSA) is 74.4 Å². The van der Waals surface area contributed by atoms with Crippen LogP contribution in [0.1, 0.15) is 25.6 Å². The van der Waals surface area contributed by atoms with Crippen LogP contribution in [0.3, 0.4) is 0 Å². The van der Waals surface area contributed by atoms with Gasteiger partial charge in [-0.15, -0.1) is 0 Å². The molecule has 1 heterocycles. The third-order valence-electron chi connectivity index (χ3n) is 4.26. The molecule has 0 fully saturated rings. The number of para-hydroxylation sites is 1. The van der Waals surface area contributed by atoms with Gasteiger partial charge in [-0.05, 0) is 18.2 Å². The molecule has 3 aromatic rings. The molecule has 6 heteroatoms. The first-order valence-electron chi connectivity index (χ1n) is 8.21. The molecular weight excluding hydrogens is 332 g/mol. The summed E-state index contributed by atoms with van der Waals surface area (Å²) in [5.41, 5.74) is 1.19. The smallest absolute Gasteiger partial charge is 0.280 e. The van der Waals surface area contributed by atoms with Gasteiger partial charge >= 0.3 is 0 Å². The van der Waals surface area contributed by atoms with E-state index in [1.54, 1.807) is 22.9 Å². The average Bonchev–Trinajstić information content (AvgIpc) is 2.99. The van der Waals surface area contributed by atoms with E-state index in [1.165, 1.54) is 13.2 Å². The molecule has 0 bridgehead atoms. The Bertz CT molecular complexity index is 1010. The third-order valence-corrected chi connectivity index (χ3v) is 4.26. The van der Waals surface area contributed by atoms with Gasteiger partial charge in [-0.3, -0.25) is 19.5 Å². The van der Waals surface area contributed by atoms with Gasteiger partial charge < -0.3 is 4.74 Å². The minimum Gasteiger partial charge on any atom is -0.497 e. The van der Waals surface area contributed by atoms with Gasteiger partial charge in [0.1, 0.15) is 5.75 Å². The van der Waals surface area contributed by atoms with Crippen molar-refractivity contribution >= 4 is 22.5 Å². The van der Waals surface area contributed by atoms with E-state index in [9.17, 15) is 14.9 Å². The van der Waals surface area contributed by atoms with Crippen LogP contribution in [-0.4, -0.2) is 22.5 Å². The lowest BCUT2D eigenvalue weighted by Crippen LogP contribution is -2.25. The minimum atomic E-state index is -0.578. The van der Waals surface area contributed by atoms with Gasteiger partial charge in [-0.25, -0.2) is 0 Å². The fourth-order valence-electron chi connectivity index (χ4n) is 2.94. The lowest BCUT2D eigenvalue weighted by atomic mass is 9.95. The monoisotopic (exact) mass is 352 g/mol. The highest BCUT2D eigenvalue weighted by Gasteiger charge is 2.27. The Kier molecular flexibility index (Phi) is 4.28. The number of nitrogens with zero attached hydrogens (tertiary/aromatic N) is 2. The Morgan fingerprint density at radius 2 is 1.81 bits per heavy atom. The fourth-order valence-corrected chi connectivity index (χ4v) is 2.94. The van der Waals surface area contributed by atoms with Crippen LogP contribution in [0, 0.1) is 15.5 Å². The molecule has 0 amide bonds. The molecule has 0 saturated carbocycles. The number of methoxy groups -OCH3 is 1. The summed E-state index contributed by atoms with van der Waals surface area (Å²) in [4.78, 5) is 24.0. The second kappa shape index (κ2) is 6.29. The number of benzene rings is 2. The molecule has 6 nitrogen and oxygen atoms in total. The quantitative estimate of drug-likeness (QED) is 0.496. The molecule has 26 heavy (non-hydrogen) atoms. The number of rotatable bonds is 3. The molecular formula is C20H20N2O4. The summed E-state index contributed by atoms with van der Waals surface area (Å²) in [5.74, 6) is 0.339. The van der Waals surface area contributed by atoms with Gasteiger partial charge in [-0.2, -0.15) is 0 Å². The third kappa shape index (κ3) is 2.94. The van der Waals surface area contributed by atoms with Crippen LogP contribution in [0.5, 0.6) is 5.75 Å². The maximum atomic E-state index is 12.9. The summed E-state index contributed by atoms with van der Waals surface area (Å²) >= 11 is 0. The Labute approximate surface area is 151 Å². The molecule has 0 aliphatic heterocycles. The lowest BCUT2D eigenvalue weighted by molar-refractivity contribution is -0.384. The van der Waals surface area contributed by atoms with Gasteiger partial charge in [0, 0.05) is 22.6 Å². The summed E-state index contributed by atoms with van der Waals surface area (Å²) < 4.78 is 6.69. The first kappa shape index (κ1) is 17.7. The molecule has 0 aliphatic carbocycles. The summed E-state index contributed by atoms with van der Waals surface area (Å²) in [7, 11) is 1.46. The van der Waals surface area contributed by atoms with Crippen molar-refractivity contribution in [2.24, 2.45) is 5.41 Å². The van der Waals surface area contributed by atoms with Crippen LogP contribution in [0.4, 0.5) is 5.69 Å². The van der Waals surface area contributed by atoms with Crippen LogP contribution < -0.4 is 4.74 Å². The first-order valence-corrected chi connectivity index (χ1v) is 8.21. The molecule has 0 atom stereocenters. The molecule has 0 saturated heterocycles. The van der Waals surface area contributed by atoms with Crippen molar-refractivity contribution < 1.29 is 14.5 Å². The van der Waals surface area contributed by atoms with Crippen molar-refractivity contribution in [3.63, 3.8) is 0 Å². The van der Waals surface area contributed by atoms with Gasteiger partial charge in [0.15, 0.2) is 0 Å². The number of nitro benzene ring substituents is 1. The van der Waals surface area contributed by atoms with Gasteiger partial charge in [0.2, 0.25) is 5.91 Å². The van der Waals surface area contributed by atoms with E-state index in [0.29, 0.717) is 16.9 Å². The van der Waals surface area contributed by atoms with Crippen molar-refractivity contribution in [3.05, 3.63) is 58.8 Å². The molecule has 0 aliphatic rings. The van der Waals surface area contributed by atoms with Gasteiger partial charge in [-0.1, -0.05) is 39.0 Å². The average molecular weight is 352 g/mol. The highest BCUT2D eigenvalue weighted by Crippen LogP contribution is 2.38. The van der Waals surface area contributed by atoms with Crippen LogP contribution >= 0.6 is 0 Å². The zero-order valence-electron chi connectivity index (χ0n) is 15.1. The van der Waals surface area contributed by atoms with Gasteiger partial charge in [0.05, 0.1) is 29.2 Å². The zero-order chi connectivity index (χ0) is 19.1. The molecule has 0 unspecified atom stereocenters. The van der Waals surface area contributed by atoms with Crippen LogP contribution in [-0.2, 0) is 0 Å². The first-order chi connectivity index (χ1) is 12.2. The molecule has 0 spiro atoms. The Hall–Kier alpha value is -3.15. The van der Waals surface area contributed by atoms with Crippen molar-refractivity contribution in [1.29, 1.82) is 0 Å². The fraction of sp³-hybridized carbons (Fsp3) is 0.250. The lowest BCUT2D eigenvalue weighted by Gasteiger charge is -2.17. The van der Waals surface area contributed by atoms with Crippen LogP contribution in [0.2, 0.25) is 0 Å². The molecule has 2 aromatic carbocycles. The molecule has 134 valence electrons. The predicted octanol–water partition coefficient (Wildman–Crippen LogP) is 4.91. The molecule has 3 rings (SSSR count). The summed E-state index contributed by atoms with van der Waals surface area (Å²) in [6, 6.07) is 12.1. The van der Waals surface area contributed by atoms with Gasteiger partial charge in [0.25, 0.3) is 5.69 Å². The normalized spacial score (nSPS) is 11.5. The number of hydrogen-bond donors (Lipinski definition) is 0. The van der Waals surface area contributed by atoms with Crippen molar-refractivity contribution in [1.82, 2.24) is 4.57 Å². The number of aromatic nitrogens is 1. The number of ether oxygens (including phenoxy) is 1. The van der Waals surface area contributed by atoms with E-state index in [0.717, 1.165) is 10.9 Å². The Balaban J connectivity index is 2.31. The Morgan fingerprint density at radius 3 is 2.42 bits per heavy atom. The number of carbonyl (C=O) groups is 1. The number of fused-ring (bicyclic) bond motifs is 1. The van der Waals surface area contributed by atoms with E-state index in [4.69, 9.17) is 4.74 Å². The van der Waals surface area contributed by atoms with Crippen molar-refractivity contribution in [2.75, 3.05) is 7.11 Å². The zero-order valence-corrected chi connectivity index (χ0v) is 15.1. The van der Waals surface area contributed by atoms with E-state index in [-0.39, 0.29) is 11.6 Å². The van der Waals surface area contributed by atoms with Crippen molar-refractivity contribution in [2.45, 2.75) is 20.8 Å². The largest absolute Gasteiger partial charge is 0.497 e. The van der Waals surface area contributed by atoms with Crippen molar-refractivity contribution in [3.8, 4) is 16.9 Å². The second-order valence-electron chi connectivity index (χ2n) is 7.13. The Morgan fingerprint density at radius 1 is 1.12 bits per heavy atom. The molecule has 1 aromatic heterocycles. The van der Waals surface area contributed by atoms with Crippen LogP contribution in [0.15, 0.2) is 48.7 Å². The van der Waals surface area contributed by atoms with E-state index >= 15 is 0 Å². The second-order valence-corrected chi connectivity index (χ2v) is 7.13. The van der Waals surface area contributed by atoms with E-state index in [2.05, 4.69) is 0 Å². The molecule has 0 radical (unpaired) electrons. The van der Waals surface area contributed by atoms with Crippen LogP contribution in [0.25, 0.3) is 22.0 Å². The summed E-state index contributed by atoms with van der Waals surface area (Å²) in [6.45, 7) is 5.54. The number of carbonyl (C=O) groups excluding carboxylic acids is 1. The standard InChI is InChI=1S/C20H20N2O4/c1-20(2,3)19(23)21-12-16(14-7-5-6-8-17(14)21)15-10-9-13(26-4)11-18(15)22(24)25/h5-12H,1-4H3. The number of hydrogen-bond acceptors (Lipinski definition) is 4. The maximum absolute atomic E-state index is 12.9. The maximum Gasteiger partial charge on any atom is 0.280 e. The minimum absolute atomic E-state index is 0.0598.